The Morgan fingerprint density at radius 3 is 2.83 bits per heavy atom. The van der Waals surface area contributed by atoms with Crippen molar-refractivity contribution in [2.75, 3.05) is 0 Å². The van der Waals surface area contributed by atoms with Crippen molar-refractivity contribution in [1.29, 1.82) is 5.26 Å². The highest BCUT2D eigenvalue weighted by molar-refractivity contribution is 5.89. The van der Waals surface area contributed by atoms with Crippen LogP contribution in [0.2, 0.25) is 0 Å². The highest BCUT2D eigenvalue weighted by atomic mass is 16.5. The molecule has 1 aromatic heterocycles. The summed E-state index contributed by atoms with van der Waals surface area (Å²) in [5.74, 6) is 0.325. The summed E-state index contributed by atoms with van der Waals surface area (Å²) in [5, 5.41) is 18.0. The van der Waals surface area contributed by atoms with E-state index < -0.39 is 11.6 Å². The largest absolute Gasteiger partial charge is 0.487 e. The summed E-state index contributed by atoms with van der Waals surface area (Å²) in [5.41, 5.74) is 0.786. The summed E-state index contributed by atoms with van der Waals surface area (Å²) in [6.45, 7) is 3.86. The lowest BCUT2D eigenvalue weighted by atomic mass is 10.00. The standard InChI is InChI=1S/C17H14N2O4/c1-17(2)7-13-14(5-10(16(20)21)6-15(13)23-17)22-12-4-3-11(8-18)19-9-12/h3-6,9H,7H2,1-2H3,(H,20,21). The average molecular weight is 310 g/mol. The van der Waals surface area contributed by atoms with Gasteiger partial charge in [-0.3, -0.25) is 0 Å². The lowest BCUT2D eigenvalue weighted by Gasteiger charge is -2.16. The van der Waals surface area contributed by atoms with Crippen LogP contribution in [0.4, 0.5) is 0 Å². The molecule has 6 nitrogen and oxygen atoms in total. The second-order valence-electron chi connectivity index (χ2n) is 5.89. The van der Waals surface area contributed by atoms with E-state index in [-0.39, 0.29) is 11.3 Å². The summed E-state index contributed by atoms with van der Waals surface area (Å²) in [7, 11) is 0. The van der Waals surface area contributed by atoms with Crippen molar-refractivity contribution in [3.63, 3.8) is 0 Å². The molecule has 0 unspecified atom stereocenters. The van der Waals surface area contributed by atoms with Gasteiger partial charge in [-0.1, -0.05) is 0 Å². The molecule has 23 heavy (non-hydrogen) atoms. The number of nitrogens with zero attached hydrogens (tertiary/aromatic N) is 2. The van der Waals surface area contributed by atoms with Crippen molar-refractivity contribution in [3.8, 4) is 23.3 Å². The fourth-order valence-electron chi connectivity index (χ4n) is 2.49. The number of pyridine rings is 1. The molecule has 3 rings (SSSR count). The Morgan fingerprint density at radius 1 is 1.43 bits per heavy atom. The first kappa shape index (κ1) is 14.9. The Bertz CT molecular complexity index is 820. The number of aromatic nitrogens is 1. The molecule has 0 spiro atoms. The zero-order valence-electron chi connectivity index (χ0n) is 12.7. The van der Waals surface area contributed by atoms with Gasteiger partial charge in [-0.25, -0.2) is 9.78 Å². The van der Waals surface area contributed by atoms with Gasteiger partial charge in [0.2, 0.25) is 0 Å². The van der Waals surface area contributed by atoms with Gasteiger partial charge in [0.05, 0.1) is 11.8 Å². The minimum atomic E-state index is -1.05. The van der Waals surface area contributed by atoms with Gasteiger partial charge in [0.15, 0.2) is 0 Å². The van der Waals surface area contributed by atoms with Crippen LogP contribution >= 0.6 is 0 Å². The molecule has 0 aliphatic carbocycles. The first-order valence-corrected chi connectivity index (χ1v) is 7.01. The van der Waals surface area contributed by atoms with Crippen LogP contribution in [0.15, 0.2) is 30.5 Å². The van der Waals surface area contributed by atoms with Crippen molar-refractivity contribution in [2.45, 2.75) is 25.9 Å². The highest BCUT2D eigenvalue weighted by Gasteiger charge is 2.33. The van der Waals surface area contributed by atoms with Crippen molar-refractivity contribution >= 4 is 5.97 Å². The number of benzene rings is 1. The average Bonchev–Trinajstić information content (AvgIpc) is 2.82. The van der Waals surface area contributed by atoms with Crippen molar-refractivity contribution in [3.05, 3.63) is 47.3 Å². The van der Waals surface area contributed by atoms with E-state index in [0.717, 1.165) is 5.56 Å². The number of fused-ring (bicyclic) bond motifs is 1. The number of aromatic carboxylic acids is 1. The molecule has 0 saturated heterocycles. The minimum Gasteiger partial charge on any atom is -0.487 e. The Labute approximate surface area is 132 Å². The molecule has 2 aromatic rings. The molecule has 0 fully saturated rings. The number of ether oxygens (including phenoxy) is 2. The molecule has 1 aromatic carbocycles. The molecule has 1 aliphatic rings. The molecule has 0 radical (unpaired) electrons. The summed E-state index contributed by atoms with van der Waals surface area (Å²) < 4.78 is 11.6. The van der Waals surface area contributed by atoms with E-state index >= 15 is 0 Å². The third kappa shape index (κ3) is 2.94. The van der Waals surface area contributed by atoms with Crippen LogP contribution in [0, 0.1) is 11.3 Å². The first-order valence-electron chi connectivity index (χ1n) is 7.01. The zero-order valence-corrected chi connectivity index (χ0v) is 12.7. The quantitative estimate of drug-likeness (QED) is 0.936. The molecule has 0 amide bonds. The Morgan fingerprint density at radius 2 is 2.22 bits per heavy atom. The van der Waals surface area contributed by atoms with Crippen LogP contribution in [-0.2, 0) is 6.42 Å². The van der Waals surface area contributed by atoms with Gasteiger partial charge in [-0.15, -0.1) is 0 Å². The van der Waals surface area contributed by atoms with Gasteiger partial charge in [0.1, 0.15) is 34.6 Å². The highest BCUT2D eigenvalue weighted by Crippen LogP contribution is 2.42. The van der Waals surface area contributed by atoms with E-state index in [1.165, 1.54) is 24.4 Å². The molecule has 0 atom stereocenters. The number of carboxylic acid groups (broad SMARTS) is 1. The maximum atomic E-state index is 11.3. The number of carbonyl (C=O) groups is 1. The van der Waals surface area contributed by atoms with Crippen LogP contribution < -0.4 is 9.47 Å². The Kier molecular flexibility index (Phi) is 3.41. The van der Waals surface area contributed by atoms with E-state index in [1.807, 2.05) is 19.9 Å². The Hall–Kier alpha value is -3.07. The maximum absolute atomic E-state index is 11.3. The van der Waals surface area contributed by atoms with Gasteiger partial charge >= 0.3 is 5.97 Å². The number of hydrogen-bond donors (Lipinski definition) is 1. The van der Waals surface area contributed by atoms with E-state index in [2.05, 4.69) is 4.98 Å². The number of rotatable bonds is 3. The molecule has 2 heterocycles. The predicted molar refractivity (Wildman–Crippen MR) is 80.8 cm³/mol. The number of nitriles is 1. The van der Waals surface area contributed by atoms with Crippen LogP contribution in [0.25, 0.3) is 0 Å². The molecule has 1 aliphatic heterocycles. The molecule has 0 saturated carbocycles. The monoisotopic (exact) mass is 310 g/mol. The van der Waals surface area contributed by atoms with Gasteiger partial charge in [0.25, 0.3) is 0 Å². The lowest BCUT2D eigenvalue weighted by Crippen LogP contribution is -2.24. The van der Waals surface area contributed by atoms with E-state index in [9.17, 15) is 9.90 Å². The van der Waals surface area contributed by atoms with E-state index in [0.29, 0.717) is 23.7 Å². The molecule has 0 bridgehead atoms. The van der Waals surface area contributed by atoms with E-state index in [4.69, 9.17) is 14.7 Å². The SMILES string of the molecule is CC1(C)Cc2c(Oc3ccc(C#N)nc3)cc(C(=O)O)cc2O1. The fraction of sp³-hybridized carbons (Fsp3) is 0.235. The van der Waals surface area contributed by atoms with Crippen LogP contribution in [0.1, 0.15) is 35.5 Å². The van der Waals surface area contributed by atoms with Crippen LogP contribution in [0.3, 0.4) is 0 Å². The maximum Gasteiger partial charge on any atom is 0.335 e. The van der Waals surface area contributed by atoms with Crippen LogP contribution in [0.5, 0.6) is 17.2 Å². The molecule has 1 N–H and O–H groups in total. The molecule has 116 valence electrons. The summed E-state index contributed by atoms with van der Waals surface area (Å²) in [6.07, 6.45) is 2.04. The third-order valence-corrected chi connectivity index (χ3v) is 3.48. The van der Waals surface area contributed by atoms with Gasteiger partial charge < -0.3 is 14.6 Å². The first-order chi connectivity index (χ1) is 10.9. The van der Waals surface area contributed by atoms with Crippen LogP contribution in [-0.4, -0.2) is 21.7 Å². The number of carboxylic acids is 1. The smallest absolute Gasteiger partial charge is 0.335 e. The zero-order chi connectivity index (χ0) is 16.6. The topological polar surface area (TPSA) is 92.4 Å². The molecular formula is C17H14N2O4. The summed E-state index contributed by atoms with van der Waals surface area (Å²) in [4.78, 5) is 15.2. The van der Waals surface area contributed by atoms with Crippen molar-refractivity contribution in [2.24, 2.45) is 0 Å². The Balaban J connectivity index is 2.01. The molecular weight excluding hydrogens is 296 g/mol. The third-order valence-electron chi connectivity index (χ3n) is 3.48. The fourth-order valence-corrected chi connectivity index (χ4v) is 2.49. The predicted octanol–water partition coefficient (Wildman–Crippen LogP) is 3.16. The van der Waals surface area contributed by atoms with Gasteiger partial charge in [0, 0.05) is 12.0 Å². The lowest BCUT2D eigenvalue weighted by molar-refractivity contribution is 0.0695. The molecule has 6 heteroatoms. The number of hydrogen-bond acceptors (Lipinski definition) is 5. The normalized spacial score (nSPS) is 14.5. The van der Waals surface area contributed by atoms with Gasteiger partial charge in [-0.05, 0) is 38.1 Å². The van der Waals surface area contributed by atoms with Crippen molar-refractivity contribution in [1.82, 2.24) is 4.98 Å². The van der Waals surface area contributed by atoms with Gasteiger partial charge in [-0.2, -0.15) is 5.26 Å². The van der Waals surface area contributed by atoms with Crippen molar-refractivity contribution < 1.29 is 19.4 Å². The second kappa shape index (κ2) is 5.29. The van der Waals surface area contributed by atoms with E-state index in [1.54, 1.807) is 6.07 Å². The summed E-state index contributed by atoms with van der Waals surface area (Å²) >= 11 is 0. The summed E-state index contributed by atoms with van der Waals surface area (Å²) in [6, 6.07) is 8.07. The second-order valence-corrected chi connectivity index (χ2v) is 5.89. The minimum absolute atomic E-state index is 0.0954.